The molecule has 1 atom stereocenters. The van der Waals surface area contributed by atoms with Gasteiger partial charge in [0.1, 0.15) is 5.82 Å². The van der Waals surface area contributed by atoms with Crippen molar-refractivity contribution in [3.05, 3.63) is 77.4 Å². The fourth-order valence-corrected chi connectivity index (χ4v) is 3.04. The lowest BCUT2D eigenvalue weighted by Gasteiger charge is -2.19. The number of rotatable bonds is 7. The first-order valence-electron chi connectivity index (χ1n) is 9.39. The van der Waals surface area contributed by atoms with Crippen molar-refractivity contribution >= 4 is 11.8 Å². The van der Waals surface area contributed by atoms with Crippen LogP contribution in [0.1, 0.15) is 47.3 Å². The van der Waals surface area contributed by atoms with E-state index in [1.807, 2.05) is 6.92 Å². The molecule has 1 aromatic heterocycles. The van der Waals surface area contributed by atoms with Crippen molar-refractivity contribution in [3.63, 3.8) is 0 Å². The average molecular weight is 415 g/mol. The zero-order chi connectivity index (χ0) is 21.7. The van der Waals surface area contributed by atoms with E-state index in [2.05, 4.69) is 15.5 Å². The third-order valence-electron chi connectivity index (χ3n) is 4.63. The van der Waals surface area contributed by atoms with Gasteiger partial charge in [-0.2, -0.15) is 13.2 Å². The summed E-state index contributed by atoms with van der Waals surface area (Å²) in [5.74, 6) is -0.460. The number of nitrogens with zero attached hydrogens (tertiary/aromatic N) is 2. The SMILES string of the molecule is CCCC(Nc1ccc(-c2ccc(C(F)(F)F)cc2)nn1)c1ccc(C(=O)O)cc1. The lowest BCUT2D eigenvalue weighted by molar-refractivity contribution is -0.137. The second-order valence-corrected chi connectivity index (χ2v) is 6.79. The molecule has 0 saturated heterocycles. The predicted octanol–water partition coefficient (Wildman–Crippen LogP) is 5.81. The van der Waals surface area contributed by atoms with E-state index >= 15 is 0 Å². The van der Waals surface area contributed by atoms with Crippen LogP contribution in [0.25, 0.3) is 11.3 Å². The van der Waals surface area contributed by atoms with Crippen molar-refractivity contribution in [1.29, 1.82) is 0 Å². The first kappa shape index (κ1) is 21.3. The Bertz CT molecular complexity index is 986. The molecule has 0 radical (unpaired) electrons. The van der Waals surface area contributed by atoms with Crippen LogP contribution in [0.5, 0.6) is 0 Å². The maximum Gasteiger partial charge on any atom is 0.416 e. The quantitative estimate of drug-likeness (QED) is 0.509. The number of benzene rings is 2. The Kier molecular flexibility index (Phi) is 6.34. The maximum atomic E-state index is 12.7. The van der Waals surface area contributed by atoms with Crippen LogP contribution in [0, 0.1) is 0 Å². The molecule has 0 aliphatic heterocycles. The largest absolute Gasteiger partial charge is 0.478 e. The van der Waals surface area contributed by atoms with Gasteiger partial charge in [0.25, 0.3) is 0 Å². The maximum absolute atomic E-state index is 12.7. The van der Waals surface area contributed by atoms with Gasteiger partial charge >= 0.3 is 12.1 Å². The minimum absolute atomic E-state index is 0.0796. The monoisotopic (exact) mass is 415 g/mol. The summed E-state index contributed by atoms with van der Waals surface area (Å²) in [4.78, 5) is 11.0. The Morgan fingerprint density at radius 1 is 1.00 bits per heavy atom. The Hall–Kier alpha value is -3.42. The first-order valence-corrected chi connectivity index (χ1v) is 9.39. The van der Waals surface area contributed by atoms with Gasteiger partial charge in [-0.3, -0.25) is 0 Å². The third-order valence-corrected chi connectivity index (χ3v) is 4.63. The summed E-state index contributed by atoms with van der Waals surface area (Å²) in [6, 6.07) is 14.7. The standard InChI is InChI=1S/C22H20F3N3O2/c1-2-3-18(14-4-6-16(7-5-14)21(29)30)26-20-13-12-19(27-28-20)15-8-10-17(11-9-15)22(23,24)25/h4-13,18H,2-3H2,1H3,(H,26,28)(H,29,30). The van der Waals surface area contributed by atoms with Gasteiger partial charge in [0, 0.05) is 5.56 Å². The van der Waals surface area contributed by atoms with Crippen LogP contribution in [0.2, 0.25) is 0 Å². The van der Waals surface area contributed by atoms with E-state index in [1.54, 1.807) is 36.4 Å². The number of hydrogen-bond acceptors (Lipinski definition) is 4. The van der Waals surface area contributed by atoms with E-state index in [1.165, 1.54) is 12.1 Å². The molecule has 30 heavy (non-hydrogen) atoms. The Morgan fingerprint density at radius 2 is 1.67 bits per heavy atom. The van der Waals surface area contributed by atoms with E-state index in [0.717, 1.165) is 30.5 Å². The molecular formula is C22H20F3N3O2. The number of aromatic carboxylic acids is 1. The number of anilines is 1. The van der Waals surface area contributed by atoms with Crippen LogP contribution < -0.4 is 5.32 Å². The second-order valence-electron chi connectivity index (χ2n) is 6.79. The fourth-order valence-electron chi connectivity index (χ4n) is 3.04. The third kappa shape index (κ3) is 5.14. The molecule has 0 aliphatic rings. The molecule has 156 valence electrons. The summed E-state index contributed by atoms with van der Waals surface area (Å²) < 4.78 is 38.1. The van der Waals surface area contributed by atoms with Crippen molar-refractivity contribution in [2.45, 2.75) is 32.0 Å². The topological polar surface area (TPSA) is 75.1 Å². The van der Waals surface area contributed by atoms with Gasteiger partial charge in [-0.05, 0) is 48.4 Å². The number of carbonyl (C=O) groups is 1. The highest BCUT2D eigenvalue weighted by Crippen LogP contribution is 2.31. The van der Waals surface area contributed by atoms with Gasteiger partial charge in [-0.25, -0.2) is 4.79 Å². The highest BCUT2D eigenvalue weighted by Gasteiger charge is 2.30. The lowest BCUT2D eigenvalue weighted by atomic mass is 10.0. The molecule has 1 heterocycles. The van der Waals surface area contributed by atoms with Crippen molar-refractivity contribution in [1.82, 2.24) is 10.2 Å². The number of halogens is 3. The average Bonchev–Trinajstić information content (AvgIpc) is 2.73. The lowest BCUT2D eigenvalue weighted by Crippen LogP contribution is -2.12. The molecule has 3 rings (SSSR count). The van der Waals surface area contributed by atoms with Crippen molar-refractivity contribution < 1.29 is 23.1 Å². The molecule has 2 aromatic carbocycles. The van der Waals surface area contributed by atoms with E-state index in [4.69, 9.17) is 5.11 Å². The number of aromatic nitrogens is 2. The second kappa shape index (κ2) is 8.94. The molecule has 0 amide bonds. The normalized spacial score (nSPS) is 12.4. The minimum Gasteiger partial charge on any atom is -0.478 e. The molecule has 0 spiro atoms. The Labute approximate surface area is 171 Å². The van der Waals surface area contributed by atoms with Crippen LogP contribution in [0.3, 0.4) is 0 Å². The molecule has 8 heteroatoms. The number of carboxylic acids is 1. The molecule has 5 nitrogen and oxygen atoms in total. The van der Waals surface area contributed by atoms with E-state index in [0.29, 0.717) is 17.1 Å². The molecule has 2 N–H and O–H groups in total. The van der Waals surface area contributed by atoms with Crippen molar-refractivity contribution in [3.8, 4) is 11.3 Å². The molecule has 0 bridgehead atoms. The number of hydrogen-bond donors (Lipinski definition) is 2. The van der Waals surface area contributed by atoms with Crippen LogP contribution in [-0.2, 0) is 6.18 Å². The van der Waals surface area contributed by atoms with Gasteiger partial charge in [0.15, 0.2) is 0 Å². The van der Waals surface area contributed by atoms with Gasteiger partial charge < -0.3 is 10.4 Å². The van der Waals surface area contributed by atoms with E-state index in [9.17, 15) is 18.0 Å². The summed E-state index contributed by atoms with van der Waals surface area (Å²) in [7, 11) is 0. The Balaban J connectivity index is 1.74. The predicted molar refractivity (Wildman–Crippen MR) is 107 cm³/mol. The van der Waals surface area contributed by atoms with Gasteiger partial charge in [0.05, 0.1) is 22.9 Å². The van der Waals surface area contributed by atoms with Crippen LogP contribution in [0.15, 0.2) is 60.7 Å². The summed E-state index contributed by atoms with van der Waals surface area (Å²) in [6.45, 7) is 2.04. The highest BCUT2D eigenvalue weighted by molar-refractivity contribution is 5.87. The van der Waals surface area contributed by atoms with Gasteiger partial charge in [0.2, 0.25) is 0 Å². The zero-order valence-corrected chi connectivity index (χ0v) is 16.1. The summed E-state index contributed by atoms with van der Waals surface area (Å²) >= 11 is 0. The summed E-state index contributed by atoms with van der Waals surface area (Å²) in [5.41, 5.74) is 1.43. The molecular weight excluding hydrogens is 395 g/mol. The van der Waals surface area contributed by atoms with E-state index in [-0.39, 0.29) is 11.6 Å². The summed E-state index contributed by atoms with van der Waals surface area (Å²) in [5, 5.41) is 20.6. The molecule has 0 saturated carbocycles. The van der Waals surface area contributed by atoms with Crippen molar-refractivity contribution in [2.75, 3.05) is 5.32 Å². The smallest absolute Gasteiger partial charge is 0.416 e. The highest BCUT2D eigenvalue weighted by atomic mass is 19.4. The van der Waals surface area contributed by atoms with Gasteiger partial charge in [-0.1, -0.05) is 37.6 Å². The summed E-state index contributed by atoms with van der Waals surface area (Å²) in [6.07, 6.45) is -2.68. The minimum atomic E-state index is -4.38. The van der Waals surface area contributed by atoms with Crippen LogP contribution in [-0.4, -0.2) is 21.3 Å². The van der Waals surface area contributed by atoms with Crippen LogP contribution in [0.4, 0.5) is 19.0 Å². The Morgan fingerprint density at radius 3 is 2.17 bits per heavy atom. The van der Waals surface area contributed by atoms with Gasteiger partial charge in [-0.15, -0.1) is 10.2 Å². The molecule has 0 aliphatic carbocycles. The number of nitrogens with one attached hydrogen (secondary N) is 1. The number of carboxylic acid groups (broad SMARTS) is 1. The first-order chi connectivity index (χ1) is 14.3. The molecule has 1 unspecified atom stereocenters. The molecule has 3 aromatic rings. The van der Waals surface area contributed by atoms with Crippen molar-refractivity contribution in [2.24, 2.45) is 0 Å². The number of alkyl halides is 3. The van der Waals surface area contributed by atoms with Crippen LogP contribution >= 0.6 is 0 Å². The van der Waals surface area contributed by atoms with E-state index < -0.39 is 17.7 Å². The zero-order valence-electron chi connectivity index (χ0n) is 16.1. The fraction of sp³-hybridized carbons (Fsp3) is 0.227. The molecule has 0 fully saturated rings.